The van der Waals surface area contributed by atoms with Gasteiger partial charge in [-0.05, 0) is 43.7 Å². The van der Waals surface area contributed by atoms with E-state index in [4.69, 9.17) is 0 Å². The van der Waals surface area contributed by atoms with E-state index in [0.717, 1.165) is 42.7 Å². The van der Waals surface area contributed by atoms with E-state index in [1.807, 2.05) is 35.7 Å². The van der Waals surface area contributed by atoms with Crippen LogP contribution in [0.2, 0.25) is 0 Å². The molecule has 1 aliphatic carbocycles. The number of urea groups is 1. The fourth-order valence-corrected chi connectivity index (χ4v) is 5.29. The highest BCUT2D eigenvalue weighted by molar-refractivity contribution is 6.09. The third-order valence-corrected chi connectivity index (χ3v) is 7.01. The Kier molecular flexibility index (Phi) is 4.48. The fourth-order valence-electron chi connectivity index (χ4n) is 5.29. The normalized spacial score (nSPS) is 29.2. The predicted molar refractivity (Wildman–Crippen MR) is 107 cm³/mol. The van der Waals surface area contributed by atoms with Crippen molar-refractivity contribution < 1.29 is 14.4 Å². The minimum Gasteiger partial charge on any atom is -0.331 e. The van der Waals surface area contributed by atoms with Crippen molar-refractivity contribution in [2.45, 2.75) is 57.0 Å². The lowest BCUT2D eigenvalue weighted by Crippen LogP contribution is -2.54. The molecule has 4 amide bonds. The van der Waals surface area contributed by atoms with Crippen LogP contribution in [-0.2, 0) is 9.59 Å². The molecule has 3 fully saturated rings. The second-order valence-corrected chi connectivity index (χ2v) is 8.67. The van der Waals surface area contributed by atoms with Crippen LogP contribution < -0.4 is 5.32 Å². The van der Waals surface area contributed by atoms with Crippen LogP contribution >= 0.6 is 0 Å². The van der Waals surface area contributed by atoms with Gasteiger partial charge in [0, 0.05) is 12.7 Å². The van der Waals surface area contributed by atoms with Crippen molar-refractivity contribution in [3.8, 4) is 0 Å². The van der Waals surface area contributed by atoms with Crippen molar-refractivity contribution in [1.29, 1.82) is 0 Å². The molecule has 0 bridgehead atoms. The van der Waals surface area contributed by atoms with Gasteiger partial charge in [0.2, 0.25) is 5.91 Å². The quantitative estimate of drug-likeness (QED) is 0.779. The molecular weight excluding hydrogens is 384 g/mol. The number of nitrogens with one attached hydrogen (secondary N) is 1. The summed E-state index contributed by atoms with van der Waals surface area (Å²) in [4.78, 5) is 41.8. The zero-order valence-electron chi connectivity index (χ0n) is 17.1. The first-order valence-corrected chi connectivity index (χ1v) is 10.7. The first kappa shape index (κ1) is 19.0. The Bertz CT molecular complexity index is 1020. The summed E-state index contributed by atoms with van der Waals surface area (Å²) in [5.74, 6) is 0.307. The van der Waals surface area contributed by atoms with Crippen LogP contribution in [0.25, 0.3) is 5.65 Å². The van der Waals surface area contributed by atoms with E-state index in [9.17, 15) is 14.4 Å². The molecule has 2 aromatic rings. The van der Waals surface area contributed by atoms with E-state index in [0.29, 0.717) is 18.8 Å². The Hall–Kier alpha value is -2.97. The Morgan fingerprint density at radius 2 is 2.07 bits per heavy atom. The molecule has 1 spiro atoms. The smallest absolute Gasteiger partial charge is 0.325 e. The monoisotopic (exact) mass is 410 g/mol. The van der Waals surface area contributed by atoms with Crippen LogP contribution in [0.1, 0.15) is 57.3 Å². The van der Waals surface area contributed by atoms with Gasteiger partial charge in [-0.3, -0.25) is 18.9 Å². The topological polar surface area (TPSA) is 99.9 Å². The number of pyridine rings is 1. The summed E-state index contributed by atoms with van der Waals surface area (Å²) in [5.41, 5.74) is -0.113. The number of nitrogens with zero attached hydrogens (tertiary/aromatic N) is 5. The first-order chi connectivity index (χ1) is 14.5. The van der Waals surface area contributed by atoms with Crippen molar-refractivity contribution in [3.63, 3.8) is 0 Å². The van der Waals surface area contributed by atoms with E-state index >= 15 is 0 Å². The molecule has 3 atom stereocenters. The van der Waals surface area contributed by atoms with Crippen molar-refractivity contribution in [3.05, 3.63) is 30.2 Å². The molecule has 2 saturated heterocycles. The minimum atomic E-state index is -0.844. The highest BCUT2D eigenvalue weighted by Gasteiger charge is 2.55. The molecule has 2 aromatic heterocycles. The van der Waals surface area contributed by atoms with Gasteiger partial charge in [0.05, 0.1) is 6.04 Å². The summed E-state index contributed by atoms with van der Waals surface area (Å²) in [5, 5.41) is 11.4. The molecule has 5 rings (SSSR count). The minimum absolute atomic E-state index is 0.0738. The maximum absolute atomic E-state index is 13.2. The van der Waals surface area contributed by atoms with Gasteiger partial charge < -0.3 is 10.2 Å². The van der Waals surface area contributed by atoms with Gasteiger partial charge in [0.1, 0.15) is 12.1 Å². The Morgan fingerprint density at radius 3 is 2.90 bits per heavy atom. The standard InChI is InChI=1S/C21H26N6O3/c1-14-7-2-4-10-21(14)19(29)27(20(30)22-21)13-17(28)25-12-6-8-15(25)18-24-23-16-9-3-5-11-26(16)18/h3,5,9,11,14-15H,2,4,6-8,10,12-13H2,1H3,(H,22,30). The summed E-state index contributed by atoms with van der Waals surface area (Å²) < 4.78 is 1.89. The zero-order valence-corrected chi connectivity index (χ0v) is 17.1. The van der Waals surface area contributed by atoms with E-state index < -0.39 is 11.6 Å². The second-order valence-electron chi connectivity index (χ2n) is 8.67. The van der Waals surface area contributed by atoms with Crippen LogP contribution in [0.3, 0.4) is 0 Å². The fraction of sp³-hybridized carbons (Fsp3) is 0.571. The maximum Gasteiger partial charge on any atom is 0.325 e. The number of likely N-dealkylation sites (tertiary alicyclic amines) is 1. The largest absolute Gasteiger partial charge is 0.331 e. The number of fused-ring (bicyclic) bond motifs is 1. The molecule has 1 N–H and O–H groups in total. The van der Waals surface area contributed by atoms with Gasteiger partial charge in [-0.25, -0.2) is 4.79 Å². The van der Waals surface area contributed by atoms with Gasteiger partial charge in [0.15, 0.2) is 11.5 Å². The third-order valence-electron chi connectivity index (χ3n) is 7.01. The van der Waals surface area contributed by atoms with Crippen molar-refractivity contribution in [2.75, 3.05) is 13.1 Å². The molecule has 3 aliphatic rings. The summed E-state index contributed by atoms with van der Waals surface area (Å²) in [6, 6.07) is 5.00. The van der Waals surface area contributed by atoms with E-state index in [2.05, 4.69) is 15.5 Å². The Balaban J connectivity index is 1.36. The predicted octanol–water partition coefficient (Wildman–Crippen LogP) is 1.89. The summed E-state index contributed by atoms with van der Waals surface area (Å²) in [6.45, 7) is 2.36. The molecule has 0 radical (unpaired) electrons. The average molecular weight is 410 g/mol. The van der Waals surface area contributed by atoms with E-state index in [-0.39, 0.29) is 30.3 Å². The first-order valence-electron chi connectivity index (χ1n) is 10.7. The molecule has 1 saturated carbocycles. The van der Waals surface area contributed by atoms with Gasteiger partial charge >= 0.3 is 6.03 Å². The van der Waals surface area contributed by atoms with Gasteiger partial charge in [-0.2, -0.15) is 0 Å². The van der Waals surface area contributed by atoms with Crippen LogP contribution in [0.15, 0.2) is 24.4 Å². The molecule has 158 valence electrons. The molecule has 0 aromatic carbocycles. The van der Waals surface area contributed by atoms with Gasteiger partial charge in [-0.1, -0.05) is 25.8 Å². The molecule has 2 aliphatic heterocycles. The summed E-state index contributed by atoms with van der Waals surface area (Å²) in [7, 11) is 0. The van der Waals surface area contributed by atoms with E-state index in [1.165, 1.54) is 0 Å². The summed E-state index contributed by atoms with van der Waals surface area (Å²) in [6.07, 6.45) is 7.03. The number of hydrogen-bond acceptors (Lipinski definition) is 5. The summed E-state index contributed by atoms with van der Waals surface area (Å²) >= 11 is 0. The molecule has 9 heteroatoms. The second kappa shape index (κ2) is 7.07. The number of carbonyl (C=O) groups excluding carboxylic acids is 3. The van der Waals surface area contributed by atoms with Crippen LogP contribution in [-0.4, -0.2) is 60.9 Å². The molecule has 9 nitrogen and oxygen atoms in total. The lowest BCUT2D eigenvalue weighted by atomic mass is 9.73. The molecule has 3 unspecified atom stereocenters. The lowest BCUT2D eigenvalue weighted by Gasteiger charge is -2.36. The Labute approximate surface area is 174 Å². The zero-order chi connectivity index (χ0) is 20.9. The highest BCUT2D eigenvalue weighted by atomic mass is 16.2. The Morgan fingerprint density at radius 1 is 1.20 bits per heavy atom. The van der Waals surface area contributed by atoms with Crippen LogP contribution in [0, 0.1) is 5.92 Å². The average Bonchev–Trinajstić information content (AvgIpc) is 3.44. The third kappa shape index (κ3) is 2.79. The number of carbonyl (C=O) groups is 3. The molecular formula is C21H26N6O3. The highest BCUT2D eigenvalue weighted by Crippen LogP contribution is 2.38. The van der Waals surface area contributed by atoms with Crippen molar-refractivity contribution in [1.82, 2.24) is 29.7 Å². The maximum atomic E-state index is 13.2. The number of hydrogen-bond donors (Lipinski definition) is 1. The van der Waals surface area contributed by atoms with Crippen LogP contribution in [0.4, 0.5) is 4.79 Å². The number of imide groups is 1. The molecule has 4 heterocycles. The van der Waals surface area contributed by atoms with Crippen LogP contribution in [0.5, 0.6) is 0 Å². The number of rotatable bonds is 3. The van der Waals surface area contributed by atoms with Gasteiger partial charge in [-0.15, -0.1) is 10.2 Å². The van der Waals surface area contributed by atoms with Gasteiger partial charge in [0.25, 0.3) is 5.91 Å². The number of amides is 4. The van der Waals surface area contributed by atoms with Crippen molar-refractivity contribution >= 4 is 23.5 Å². The van der Waals surface area contributed by atoms with Crippen molar-refractivity contribution in [2.24, 2.45) is 5.92 Å². The lowest BCUT2D eigenvalue weighted by molar-refractivity contribution is -0.141. The molecule has 30 heavy (non-hydrogen) atoms. The number of aromatic nitrogens is 3. The van der Waals surface area contributed by atoms with E-state index in [1.54, 1.807) is 4.90 Å². The SMILES string of the molecule is CC1CCCCC12NC(=O)N(CC(=O)N1CCCC1c1nnc3ccccn13)C2=O.